The van der Waals surface area contributed by atoms with Crippen molar-refractivity contribution in [3.63, 3.8) is 0 Å². The molecule has 0 unspecified atom stereocenters. The van der Waals surface area contributed by atoms with E-state index in [2.05, 4.69) is 55.5 Å². The molecule has 6 N–H and O–H groups in total. The van der Waals surface area contributed by atoms with Gasteiger partial charge >= 0.3 is 0 Å². The molecule has 12 aromatic rings. The van der Waals surface area contributed by atoms with Crippen LogP contribution in [0.3, 0.4) is 0 Å². The molecule has 0 bridgehead atoms. The molecule has 0 spiro atoms. The van der Waals surface area contributed by atoms with Gasteiger partial charge in [0.25, 0.3) is 17.7 Å². The number of aromatic amines is 3. The van der Waals surface area contributed by atoms with E-state index in [1.54, 1.807) is 226 Å². The predicted octanol–water partition coefficient (Wildman–Crippen LogP) is 11.6. The van der Waals surface area contributed by atoms with E-state index in [0.29, 0.717) is 113 Å². The second kappa shape index (κ2) is 29.3. The van der Waals surface area contributed by atoms with Gasteiger partial charge in [-0.3, -0.25) is 14.4 Å². The molecule has 12 rings (SSSR count). The van der Waals surface area contributed by atoms with Crippen LogP contribution in [0, 0.1) is 0 Å². The van der Waals surface area contributed by atoms with E-state index in [1.165, 1.54) is 4.90 Å². The zero-order chi connectivity index (χ0) is 69.3. The van der Waals surface area contributed by atoms with Gasteiger partial charge in [-0.25, -0.2) is 55.2 Å². The van der Waals surface area contributed by atoms with Gasteiger partial charge in [-0.15, -0.1) is 0 Å². The molecule has 498 valence electrons. The van der Waals surface area contributed by atoms with Crippen LogP contribution in [0.15, 0.2) is 204 Å². The summed E-state index contributed by atoms with van der Waals surface area (Å²) in [5.41, 5.74) is 9.20. The van der Waals surface area contributed by atoms with Gasteiger partial charge in [-0.2, -0.15) is 0 Å². The molecule has 24 nitrogen and oxygen atoms in total. The fraction of sp³-hybridized carbons (Fsp3) is 0.186. The lowest BCUT2D eigenvalue weighted by Gasteiger charge is -2.21. The van der Waals surface area contributed by atoms with Gasteiger partial charge in [-0.1, -0.05) is 60.7 Å². The predicted molar refractivity (Wildman–Crippen MR) is 372 cm³/mol. The maximum Gasteiger partial charge on any atom is 0.262 e. The second-order valence-corrected chi connectivity index (χ2v) is 30.2. The van der Waals surface area contributed by atoms with Crippen molar-refractivity contribution < 1.29 is 54.2 Å². The molecule has 97 heavy (non-hydrogen) atoms. The van der Waals surface area contributed by atoms with Crippen LogP contribution in [0.1, 0.15) is 72.6 Å². The first-order valence-corrected chi connectivity index (χ1v) is 35.0. The number of benzene rings is 6. The summed E-state index contributed by atoms with van der Waals surface area (Å²) in [6, 6.07) is 42.6. The molecule has 0 saturated heterocycles. The summed E-state index contributed by atoms with van der Waals surface area (Å²) < 4.78 is 84.5. The van der Waals surface area contributed by atoms with E-state index in [1.807, 2.05) is 18.2 Å². The number of para-hydroxylation sites is 1. The molecule has 6 heterocycles. The molecule has 0 saturated carbocycles. The van der Waals surface area contributed by atoms with Crippen LogP contribution in [0.2, 0.25) is 0 Å². The fourth-order valence-corrected chi connectivity index (χ4v) is 13.0. The van der Waals surface area contributed by atoms with Gasteiger partial charge in [0, 0.05) is 65.0 Å². The molecule has 6 aromatic carbocycles. The molecular formula is C70H68N12O12S3. The summed E-state index contributed by atoms with van der Waals surface area (Å²) in [6.45, 7) is 9.81. The Labute approximate surface area is 559 Å². The summed E-state index contributed by atoms with van der Waals surface area (Å²) >= 11 is 0. The van der Waals surface area contributed by atoms with Crippen LogP contribution in [0.25, 0.3) is 67.3 Å². The number of H-pyrrole nitrogens is 3. The molecule has 27 heteroatoms. The van der Waals surface area contributed by atoms with E-state index in [-0.39, 0.29) is 45.6 Å². The first-order valence-electron chi connectivity index (χ1n) is 30.4. The van der Waals surface area contributed by atoms with E-state index < -0.39 is 45.3 Å². The Morgan fingerprint density at radius 3 is 1.23 bits per heavy atom. The molecule has 0 radical (unpaired) electrons. The van der Waals surface area contributed by atoms with Crippen molar-refractivity contribution in [3.05, 3.63) is 206 Å². The summed E-state index contributed by atoms with van der Waals surface area (Å²) in [6.07, 6.45) is 9.41. The summed E-state index contributed by atoms with van der Waals surface area (Å²) in [7, 11) is -6.95. The van der Waals surface area contributed by atoms with Gasteiger partial charge in [0.2, 0.25) is 0 Å². The Balaban J connectivity index is 0.000000158. The Bertz CT molecular complexity index is 5180. The van der Waals surface area contributed by atoms with E-state index in [9.17, 15) is 44.7 Å². The van der Waals surface area contributed by atoms with Crippen LogP contribution >= 0.6 is 0 Å². The topological polar surface area (TPSA) is 344 Å². The third-order valence-corrected chi connectivity index (χ3v) is 22.0. The maximum atomic E-state index is 13.3. The minimum absolute atomic E-state index is 0.133. The van der Waals surface area contributed by atoms with Crippen LogP contribution in [-0.2, 0) is 29.5 Å². The molecule has 3 amide bonds. The fourth-order valence-electron chi connectivity index (χ4n) is 9.84. The number of methoxy groups -OCH3 is 2. The van der Waals surface area contributed by atoms with Gasteiger partial charge in [-0.05, 0) is 126 Å². The minimum Gasteiger partial charge on any atom is -0.497 e. The molecule has 0 aliphatic heterocycles. The van der Waals surface area contributed by atoms with Gasteiger partial charge in [0.15, 0.2) is 46.5 Å². The number of nitrogens with one attached hydrogen (secondary N) is 5. The third-order valence-electron chi connectivity index (χ3n) is 15.5. The highest BCUT2D eigenvalue weighted by atomic mass is 32.2. The molecule has 0 aliphatic rings. The lowest BCUT2D eigenvalue weighted by Crippen LogP contribution is -2.33. The standard InChI is InChI=1S/C24H24N4O4S.2C23H22N4O4S/c1-16(2)33(31,32)19-10-8-17(9-11-19)21-15-26-23-22(27-21)20(14-25-23)24(30)28(12-13-29)18-6-4-3-5-7-18;1-14(2)32(29,30)18-10-4-15(5-11-18)20-13-25-22-21(27-20)19(12-24-22)23(28)26-16-6-8-17(31-3)9-7-16;1-14(2)32(29,30)18-9-7-15(8-10-18)20-13-25-22-21(27-20)19(12-24-22)23(28)26-16-5-4-6-17(11-16)31-3/h3-11,14-16,29H,12-13H2,1-2H3,(H,25,26);2*4-14H,1-3H3,(H,24,25)(H,26,28). The lowest BCUT2D eigenvalue weighted by atomic mass is 10.1. The molecule has 0 aliphatic carbocycles. The number of amides is 3. The number of hydrogen-bond donors (Lipinski definition) is 6. The summed E-state index contributed by atoms with van der Waals surface area (Å²) in [4.78, 5) is 77.1. The number of carbonyl (C=O) groups excluding carboxylic acids is 3. The number of aliphatic hydroxyl groups is 1. The van der Waals surface area contributed by atoms with Crippen molar-refractivity contribution in [2.75, 3.05) is 42.9 Å². The quantitative estimate of drug-likeness (QED) is 0.0438. The van der Waals surface area contributed by atoms with Crippen molar-refractivity contribution in [1.29, 1.82) is 0 Å². The van der Waals surface area contributed by atoms with Crippen molar-refractivity contribution in [2.45, 2.75) is 72.0 Å². The average Bonchev–Trinajstić information content (AvgIpc) is 1.74. The number of nitrogens with zero attached hydrogens (tertiary/aromatic N) is 7. The van der Waals surface area contributed by atoms with E-state index in [0.717, 1.165) is 0 Å². The van der Waals surface area contributed by atoms with E-state index in [4.69, 9.17) is 9.47 Å². The van der Waals surface area contributed by atoms with Crippen LogP contribution in [-0.4, -0.2) is 136 Å². The van der Waals surface area contributed by atoms with Gasteiger partial charge in [0.1, 0.15) is 28.0 Å². The number of aliphatic hydroxyl groups excluding tert-OH is 1. The lowest BCUT2D eigenvalue weighted by molar-refractivity contribution is 0.0980. The van der Waals surface area contributed by atoms with Crippen molar-refractivity contribution in [2.24, 2.45) is 0 Å². The largest absolute Gasteiger partial charge is 0.497 e. The Morgan fingerprint density at radius 2 is 0.845 bits per heavy atom. The highest BCUT2D eigenvalue weighted by molar-refractivity contribution is 7.92. The number of hydrogen-bond acceptors (Lipinski definition) is 18. The van der Waals surface area contributed by atoms with Crippen molar-refractivity contribution in [1.82, 2.24) is 44.9 Å². The maximum absolute atomic E-state index is 13.3. The SMILES string of the molecule is CC(C)S(=O)(=O)c1ccc(-c2cnc3[nH]cc(C(=O)N(CCO)c4ccccc4)c3n2)cc1.COc1ccc(NC(=O)c2c[nH]c3ncc(-c4ccc(S(=O)(=O)C(C)C)cc4)nc23)cc1.COc1cccc(NC(=O)c2c[nH]c3ncc(-c4ccc(S(=O)(=O)C(C)C)cc4)nc23)c1. The molecular weight excluding hydrogens is 1300 g/mol. The number of sulfone groups is 3. The zero-order valence-electron chi connectivity index (χ0n) is 53.8. The second-order valence-electron chi connectivity index (χ2n) is 22.7. The normalized spacial score (nSPS) is 11.7. The monoisotopic (exact) mass is 1360 g/mol. The highest BCUT2D eigenvalue weighted by Gasteiger charge is 2.26. The number of ether oxygens (including phenoxy) is 2. The number of aromatic nitrogens is 9. The van der Waals surface area contributed by atoms with Crippen LogP contribution in [0.5, 0.6) is 11.5 Å². The smallest absolute Gasteiger partial charge is 0.262 e. The first-order chi connectivity index (χ1) is 46.4. The van der Waals surface area contributed by atoms with E-state index >= 15 is 0 Å². The molecule has 0 fully saturated rings. The van der Waals surface area contributed by atoms with Crippen LogP contribution in [0.4, 0.5) is 17.1 Å². The molecule has 0 atom stereocenters. The number of fused-ring (bicyclic) bond motifs is 3. The molecule has 6 aromatic heterocycles. The van der Waals surface area contributed by atoms with Crippen molar-refractivity contribution in [3.8, 4) is 45.3 Å². The van der Waals surface area contributed by atoms with Gasteiger partial charge < -0.3 is 45.1 Å². The van der Waals surface area contributed by atoms with Crippen molar-refractivity contribution >= 4 is 97.8 Å². The number of rotatable bonds is 19. The Kier molecular flexibility index (Phi) is 20.8. The summed E-state index contributed by atoms with van der Waals surface area (Å²) in [5, 5.41) is 13.6. The Morgan fingerprint density at radius 1 is 0.464 bits per heavy atom. The summed E-state index contributed by atoms with van der Waals surface area (Å²) in [5.74, 6) is 0.344. The van der Waals surface area contributed by atoms with Crippen LogP contribution < -0.4 is 25.0 Å². The van der Waals surface area contributed by atoms with Gasteiger partial charge in [0.05, 0.1) is 104 Å². The first kappa shape index (κ1) is 68.8. The number of anilines is 3. The highest BCUT2D eigenvalue weighted by Crippen LogP contribution is 2.30. The number of carbonyl (C=O) groups is 3. The third kappa shape index (κ3) is 15.2. The minimum atomic E-state index is -3.37. The Hall–Kier alpha value is -11.0. The zero-order valence-corrected chi connectivity index (χ0v) is 56.3. The average molecular weight is 1370 g/mol.